The summed E-state index contributed by atoms with van der Waals surface area (Å²) in [7, 11) is 0. The molecular formula is C11H16N2O4. The van der Waals surface area contributed by atoms with Crippen LogP contribution in [-0.2, 0) is 9.53 Å². The minimum absolute atomic E-state index is 0.0146. The van der Waals surface area contributed by atoms with Gasteiger partial charge in [-0.15, -0.1) is 6.42 Å². The van der Waals surface area contributed by atoms with Gasteiger partial charge in [-0.25, -0.2) is 4.79 Å². The van der Waals surface area contributed by atoms with Crippen LogP contribution in [0.25, 0.3) is 0 Å². The lowest BCUT2D eigenvalue weighted by Crippen LogP contribution is -2.44. The quantitative estimate of drug-likeness (QED) is 0.650. The highest BCUT2D eigenvalue weighted by molar-refractivity contribution is 5.80. The summed E-state index contributed by atoms with van der Waals surface area (Å²) < 4.78 is 5.17. The number of urea groups is 1. The van der Waals surface area contributed by atoms with Gasteiger partial charge in [0.2, 0.25) is 0 Å². The van der Waals surface area contributed by atoms with Crippen LogP contribution in [-0.4, -0.2) is 54.9 Å². The summed E-state index contributed by atoms with van der Waals surface area (Å²) >= 11 is 0. The average molecular weight is 240 g/mol. The maximum Gasteiger partial charge on any atom is 0.323 e. The van der Waals surface area contributed by atoms with Crippen LogP contribution < -0.4 is 5.32 Å². The van der Waals surface area contributed by atoms with Gasteiger partial charge in [-0.05, 0) is 6.42 Å². The van der Waals surface area contributed by atoms with Gasteiger partial charge in [0, 0.05) is 19.1 Å². The van der Waals surface area contributed by atoms with E-state index in [1.807, 2.05) is 0 Å². The normalized spacial score (nSPS) is 18.4. The van der Waals surface area contributed by atoms with Crippen molar-refractivity contribution in [2.75, 3.05) is 32.8 Å². The SMILES string of the molecule is C#CCN(CC(=O)O)C(=O)NCC1CCOC1. The van der Waals surface area contributed by atoms with Gasteiger partial charge in [0.05, 0.1) is 13.2 Å². The standard InChI is InChI=1S/C11H16N2O4/c1-2-4-13(7-10(14)15)11(16)12-6-9-3-5-17-8-9/h1,9H,3-8H2,(H,12,16)(H,14,15). The molecule has 0 aliphatic carbocycles. The molecule has 1 aliphatic rings. The smallest absolute Gasteiger partial charge is 0.323 e. The number of hydrogen-bond acceptors (Lipinski definition) is 3. The molecule has 6 heteroatoms. The second-order valence-corrected chi connectivity index (χ2v) is 3.87. The number of nitrogens with one attached hydrogen (secondary N) is 1. The number of terminal acetylenes is 1. The number of hydrogen-bond donors (Lipinski definition) is 2. The molecule has 1 atom stereocenters. The van der Waals surface area contributed by atoms with Gasteiger partial charge in [-0.2, -0.15) is 0 Å². The van der Waals surface area contributed by atoms with Crippen LogP contribution in [0.15, 0.2) is 0 Å². The highest BCUT2D eigenvalue weighted by Gasteiger charge is 2.19. The Balaban J connectivity index is 2.35. The highest BCUT2D eigenvalue weighted by Crippen LogP contribution is 2.10. The van der Waals surface area contributed by atoms with Crippen molar-refractivity contribution >= 4 is 12.0 Å². The number of carboxylic acids is 1. The number of aliphatic carboxylic acids is 1. The number of carbonyl (C=O) groups is 2. The molecule has 0 bridgehead atoms. The molecule has 1 saturated heterocycles. The maximum atomic E-state index is 11.6. The van der Waals surface area contributed by atoms with Gasteiger partial charge in [-0.3, -0.25) is 4.79 Å². The monoisotopic (exact) mass is 240 g/mol. The van der Waals surface area contributed by atoms with Crippen LogP contribution >= 0.6 is 0 Å². The maximum absolute atomic E-state index is 11.6. The third-order valence-electron chi connectivity index (χ3n) is 2.46. The summed E-state index contributed by atoms with van der Waals surface area (Å²) in [6, 6.07) is -0.447. The van der Waals surface area contributed by atoms with E-state index in [2.05, 4.69) is 11.2 Å². The molecule has 94 valence electrons. The second-order valence-electron chi connectivity index (χ2n) is 3.87. The molecule has 6 nitrogen and oxygen atoms in total. The number of rotatable bonds is 5. The van der Waals surface area contributed by atoms with Gasteiger partial charge in [0.25, 0.3) is 0 Å². The summed E-state index contributed by atoms with van der Waals surface area (Å²) in [4.78, 5) is 23.3. The molecule has 0 saturated carbocycles. The fraction of sp³-hybridized carbons (Fsp3) is 0.636. The molecule has 17 heavy (non-hydrogen) atoms. The van der Waals surface area contributed by atoms with Crippen LogP contribution in [0.3, 0.4) is 0 Å². The molecule has 1 heterocycles. The first-order valence-electron chi connectivity index (χ1n) is 5.39. The van der Waals surface area contributed by atoms with E-state index in [0.29, 0.717) is 25.7 Å². The Morgan fingerprint density at radius 3 is 2.88 bits per heavy atom. The van der Waals surface area contributed by atoms with Crippen LogP contribution in [0.1, 0.15) is 6.42 Å². The topological polar surface area (TPSA) is 78.9 Å². The summed E-state index contributed by atoms with van der Waals surface area (Å²) in [6.45, 7) is 1.42. The molecule has 0 radical (unpaired) electrons. The van der Waals surface area contributed by atoms with E-state index in [1.54, 1.807) is 0 Å². The molecule has 2 amide bonds. The van der Waals surface area contributed by atoms with E-state index < -0.39 is 18.5 Å². The van der Waals surface area contributed by atoms with Gasteiger partial charge in [-0.1, -0.05) is 5.92 Å². The van der Waals surface area contributed by atoms with E-state index >= 15 is 0 Å². The van der Waals surface area contributed by atoms with Crippen LogP contribution in [0.5, 0.6) is 0 Å². The fourth-order valence-corrected chi connectivity index (χ4v) is 1.56. The molecule has 1 fully saturated rings. The Kier molecular flexibility index (Phi) is 5.30. The lowest BCUT2D eigenvalue weighted by Gasteiger charge is -2.19. The largest absolute Gasteiger partial charge is 0.480 e. The molecule has 2 N–H and O–H groups in total. The summed E-state index contributed by atoms with van der Waals surface area (Å²) in [5, 5.41) is 11.3. The van der Waals surface area contributed by atoms with Gasteiger partial charge in [0.15, 0.2) is 0 Å². The van der Waals surface area contributed by atoms with E-state index in [4.69, 9.17) is 16.3 Å². The Hall–Kier alpha value is -1.74. The van der Waals surface area contributed by atoms with Crippen molar-refractivity contribution in [1.29, 1.82) is 0 Å². The number of carboxylic acid groups (broad SMARTS) is 1. The zero-order valence-electron chi connectivity index (χ0n) is 9.52. The summed E-state index contributed by atoms with van der Waals surface area (Å²) in [5.74, 6) is 1.48. The molecule has 0 aromatic rings. The highest BCUT2D eigenvalue weighted by atomic mass is 16.5. The van der Waals surface area contributed by atoms with Gasteiger partial charge in [0.1, 0.15) is 6.54 Å². The third-order valence-corrected chi connectivity index (χ3v) is 2.46. The summed E-state index contributed by atoms with van der Waals surface area (Å²) in [5.41, 5.74) is 0. The van der Waals surface area contributed by atoms with E-state index in [-0.39, 0.29) is 6.54 Å². The second kappa shape index (κ2) is 6.76. The molecule has 0 aromatic heterocycles. The Labute approximate surface area is 99.9 Å². The van der Waals surface area contributed by atoms with Crippen molar-refractivity contribution in [2.24, 2.45) is 5.92 Å². The molecular weight excluding hydrogens is 224 g/mol. The number of carbonyl (C=O) groups excluding carboxylic acids is 1. The summed E-state index contributed by atoms with van der Waals surface area (Å²) in [6.07, 6.45) is 5.99. The van der Waals surface area contributed by atoms with Crippen molar-refractivity contribution < 1.29 is 19.4 Å². The van der Waals surface area contributed by atoms with Crippen molar-refractivity contribution in [1.82, 2.24) is 10.2 Å². The third kappa shape index (κ3) is 4.74. The minimum Gasteiger partial charge on any atom is -0.480 e. The number of nitrogens with zero attached hydrogens (tertiary/aromatic N) is 1. The molecule has 0 spiro atoms. The number of amides is 2. The van der Waals surface area contributed by atoms with Crippen molar-refractivity contribution in [2.45, 2.75) is 6.42 Å². The first-order chi connectivity index (χ1) is 8.13. The van der Waals surface area contributed by atoms with Crippen molar-refractivity contribution in [3.63, 3.8) is 0 Å². The van der Waals surface area contributed by atoms with E-state index in [0.717, 1.165) is 11.3 Å². The van der Waals surface area contributed by atoms with Crippen LogP contribution in [0, 0.1) is 18.3 Å². The van der Waals surface area contributed by atoms with Crippen molar-refractivity contribution in [3.05, 3.63) is 0 Å². The van der Waals surface area contributed by atoms with E-state index in [9.17, 15) is 9.59 Å². The predicted molar refractivity (Wildman–Crippen MR) is 60.4 cm³/mol. The zero-order chi connectivity index (χ0) is 12.7. The molecule has 1 unspecified atom stereocenters. The Morgan fingerprint density at radius 1 is 1.59 bits per heavy atom. The first kappa shape index (κ1) is 13.3. The molecule has 0 aromatic carbocycles. The lowest BCUT2D eigenvalue weighted by molar-refractivity contribution is -0.137. The predicted octanol–water partition coefficient (Wildman–Crippen LogP) is -0.248. The average Bonchev–Trinajstić information content (AvgIpc) is 2.77. The number of ether oxygens (including phenoxy) is 1. The Bertz CT molecular complexity index is 318. The first-order valence-corrected chi connectivity index (χ1v) is 5.39. The lowest BCUT2D eigenvalue weighted by atomic mass is 10.1. The van der Waals surface area contributed by atoms with Crippen LogP contribution in [0.2, 0.25) is 0 Å². The van der Waals surface area contributed by atoms with Gasteiger partial charge < -0.3 is 20.1 Å². The van der Waals surface area contributed by atoms with Gasteiger partial charge >= 0.3 is 12.0 Å². The van der Waals surface area contributed by atoms with Crippen LogP contribution in [0.4, 0.5) is 4.79 Å². The van der Waals surface area contributed by atoms with Crippen molar-refractivity contribution in [3.8, 4) is 12.3 Å². The minimum atomic E-state index is -1.08. The van der Waals surface area contributed by atoms with E-state index in [1.165, 1.54) is 0 Å². The fourth-order valence-electron chi connectivity index (χ4n) is 1.56. The molecule has 1 rings (SSSR count). The zero-order valence-corrected chi connectivity index (χ0v) is 9.52. The molecule has 1 aliphatic heterocycles. The Morgan fingerprint density at radius 2 is 2.35 bits per heavy atom.